The van der Waals surface area contributed by atoms with Gasteiger partial charge in [-0.3, -0.25) is 9.59 Å². The van der Waals surface area contributed by atoms with Gasteiger partial charge in [-0.25, -0.2) is 0 Å². The van der Waals surface area contributed by atoms with Crippen LogP contribution in [-0.4, -0.2) is 37.3 Å². The molecular weight excluding hydrogens is 210 g/mol. The summed E-state index contributed by atoms with van der Waals surface area (Å²) in [5.74, 6) is -0.0591. The zero-order valence-corrected chi connectivity index (χ0v) is 10.9. The van der Waals surface area contributed by atoms with Crippen molar-refractivity contribution in [3.8, 4) is 0 Å². The predicted molar refractivity (Wildman–Crippen MR) is 59.8 cm³/mol. The Morgan fingerprint density at radius 2 is 2.13 bits per heavy atom. The normalized spacial score (nSPS) is 22.0. The first kappa shape index (κ1) is 12.2. The third-order valence-corrected chi connectivity index (χ3v) is 4.59. The molecule has 0 aliphatic carbocycles. The van der Waals surface area contributed by atoms with Gasteiger partial charge in [-0.15, -0.1) is 0 Å². The molecule has 1 atom stereocenters. The molecule has 0 spiro atoms. The van der Waals surface area contributed by atoms with E-state index >= 15 is 0 Å². The van der Waals surface area contributed by atoms with Crippen molar-refractivity contribution < 1.29 is 14.3 Å². The molecule has 0 aromatic rings. The average Bonchev–Trinajstić information content (AvgIpc) is 2.42. The van der Waals surface area contributed by atoms with E-state index in [0.717, 1.165) is 6.42 Å². The van der Waals surface area contributed by atoms with Crippen LogP contribution >= 0.6 is 0 Å². The zero-order valence-electron chi connectivity index (χ0n) is 9.87. The molecule has 4 nitrogen and oxygen atoms in total. The van der Waals surface area contributed by atoms with E-state index in [1.807, 2.05) is 4.57 Å². The van der Waals surface area contributed by atoms with Gasteiger partial charge in [0.25, 0.3) is 0 Å². The second-order valence-corrected chi connectivity index (χ2v) is 9.75. The van der Waals surface area contributed by atoms with E-state index in [0.29, 0.717) is 13.0 Å². The minimum atomic E-state index is -1.63. The Balaban J connectivity index is 2.64. The van der Waals surface area contributed by atoms with Crippen LogP contribution in [0.25, 0.3) is 0 Å². The summed E-state index contributed by atoms with van der Waals surface area (Å²) in [4.78, 5) is 22.4. The quantitative estimate of drug-likeness (QED) is 0.542. The van der Waals surface area contributed by atoms with E-state index in [4.69, 9.17) is 4.74 Å². The Labute approximate surface area is 91.7 Å². The fourth-order valence-electron chi connectivity index (χ4n) is 2.04. The molecule has 1 unspecified atom stereocenters. The minimum absolute atomic E-state index is 0.105. The van der Waals surface area contributed by atoms with Gasteiger partial charge in [0.1, 0.15) is 6.61 Å². The number of carbonyl (C=O) groups is 2. The van der Waals surface area contributed by atoms with Crippen molar-refractivity contribution in [1.82, 2.24) is 4.57 Å². The van der Waals surface area contributed by atoms with Crippen LogP contribution in [-0.2, 0) is 14.3 Å². The highest BCUT2D eigenvalue weighted by molar-refractivity contribution is 6.75. The smallest absolute Gasteiger partial charge is 0.302 e. The molecule has 1 heterocycles. The molecule has 0 aromatic heterocycles. The molecule has 0 aromatic carbocycles. The number of hydrogen-bond acceptors (Lipinski definition) is 3. The van der Waals surface area contributed by atoms with Crippen LogP contribution in [0.5, 0.6) is 0 Å². The topological polar surface area (TPSA) is 46.6 Å². The molecule has 0 saturated carbocycles. The van der Waals surface area contributed by atoms with Gasteiger partial charge >= 0.3 is 5.97 Å². The first-order valence-electron chi connectivity index (χ1n) is 5.28. The van der Waals surface area contributed by atoms with Crippen LogP contribution in [0, 0.1) is 0 Å². The second kappa shape index (κ2) is 4.34. The van der Waals surface area contributed by atoms with Crippen LogP contribution in [0.4, 0.5) is 0 Å². The van der Waals surface area contributed by atoms with Crippen molar-refractivity contribution in [1.29, 1.82) is 0 Å². The van der Waals surface area contributed by atoms with Gasteiger partial charge < -0.3 is 9.30 Å². The molecule has 1 aliphatic rings. The molecule has 1 amide bonds. The van der Waals surface area contributed by atoms with E-state index < -0.39 is 8.24 Å². The lowest BCUT2D eigenvalue weighted by Crippen LogP contribution is -2.52. The van der Waals surface area contributed by atoms with Crippen molar-refractivity contribution >= 4 is 20.1 Å². The molecule has 86 valence electrons. The lowest BCUT2D eigenvalue weighted by atomic mass is 10.2. The third kappa shape index (κ3) is 3.05. The molecule has 5 heteroatoms. The third-order valence-electron chi connectivity index (χ3n) is 2.53. The SMILES string of the molecule is CC(=O)OCC1CCC(=O)N1[Si](C)(C)C. The highest BCUT2D eigenvalue weighted by Gasteiger charge is 2.39. The maximum absolute atomic E-state index is 11.7. The maximum Gasteiger partial charge on any atom is 0.302 e. The maximum atomic E-state index is 11.7. The van der Waals surface area contributed by atoms with Gasteiger partial charge in [0.05, 0.1) is 6.04 Å². The Morgan fingerprint density at radius 3 is 2.60 bits per heavy atom. The van der Waals surface area contributed by atoms with Crippen molar-refractivity contribution in [2.24, 2.45) is 0 Å². The summed E-state index contributed by atoms with van der Waals surface area (Å²) in [6.45, 7) is 8.16. The number of ether oxygens (including phenoxy) is 1. The van der Waals surface area contributed by atoms with Crippen molar-refractivity contribution in [3.63, 3.8) is 0 Å². The van der Waals surface area contributed by atoms with E-state index in [-0.39, 0.29) is 17.9 Å². The number of rotatable bonds is 3. The molecular formula is C10H19NO3Si. The molecule has 1 aliphatic heterocycles. The number of hydrogen-bond donors (Lipinski definition) is 0. The Bertz CT molecular complexity index is 272. The lowest BCUT2D eigenvalue weighted by molar-refractivity contribution is -0.143. The summed E-state index contributed by atoms with van der Waals surface area (Å²) in [5, 5.41) is 0. The van der Waals surface area contributed by atoms with Crippen molar-refractivity contribution in [3.05, 3.63) is 0 Å². The van der Waals surface area contributed by atoms with Gasteiger partial charge in [0, 0.05) is 13.3 Å². The molecule has 1 rings (SSSR count). The van der Waals surface area contributed by atoms with E-state index in [1.165, 1.54) is 6.92 Å². The van der Waals surface area contributed by atoms with Gasteiger partial charge in [0.15, 0.2) is 8.24 Å². The summed E-state index contributed by atoms with van der Waals surface area (Å²) < 4.78 is 6.96. The standard InChI is InChI=1S/C10H19NO3Si/c1-8(12)14-7-9-5-6-10(13)11(9)15(2,3)4/h9H,5-7H2,1-4H3. The molecule has 1 fully saturated rings. The lowest BCUT2D eigenvalue weighted by Gasteiger charge is -2.35. The number of esters is 1. The van der Waals surface area contributed by atoms with Crippen LogP contribution in [0.2, 0.25) is 19.6 Å². The minimum Gasteiger partial charge on any atom is -0.464 e. The van der Waals surface area contributed by atoms with Gasteiger partial charge in [-0.2, -0.15) is 0 Å². The van der Waals surface area contributed by atoms with Gasteiger partial charge in [0.2, 0.25) is 5.91 Å². The molecule has 1 saturated heterocycles. The Hall–Kier alpha value is -0.843. The molecule has 0 radical (unpaired) electrons. The number of nitrogens with zero attached hydrogens (tertiary/aromatic N) is 1. The summed E-state index contributed by atoms with van der Waals surface area (Å²) in [6, 6.07) is 0.105. The fourth-order valence-corrected chi connectivity index (χ4v) is 4.20. The van der Waals surface area contributed by atoms with E-state index in [9.17, 15) is 9.59 Å². The summed E-state index contributed by atoms with van der Waals surface area (Å²) >= 11 is 0. The monoisotopic (exact) mass is 229 g/mol. The first-order chi connectivity index (χ1) is 6.82. The zero-order chi connectivity index (χ0) is 11.6. The van der Waals surface area contributed by atoms with E-state index in [1.54, 1.807) is 0 Å². The van der Waals surface area contributed by atoms with Gasteiger partial charge in [-0.1, -0.05) is 19.6 Å². The Kier molecular flexibility index (Phi) is 3.54. The molecule has 0 N–H and O–H groups in total. The Morgan fingerprint density at radius 1 is 1.53 bits per heavy atom. The van der Waals surface area contributed by atoms with Gasteiger partial charge in [-0.05, 0) is 6.42 Å². The fraction of sp³-hybridized carbons (Fsp3) is 0.800. The highest BCUT2D eigenvalue weighted by Crippen LogP contribution is 2.25. The van der Waals surface area contributed by atoms with Crippen molar-refractivity contribution in [2.45, 2.75) is 45.4 Å². The second-order valence-electron chi connectivity index (χ2n) is 4.93. The van der Waals surface area contributed by atoms with Crippen LogP contribution < -0.4 is 0 Å². The van der Waals surface area contributed by atoms with Crippen molar-refractivity contribution in [2.75, 3.05) is 6.61 Å². The molecule has 0 bridgehead atoms. The number of carbonyl (C=O) groups excluding carboxylic acids is 2. The van der Waals surface area contributed by atoms with Crippen LogP contribution in [0.3, 0.4) is 0 Å². The van der Waals surface area contributed by atoms with Crippen LogP contribution in [0.1, 0.15) is 19.8 Å². The summed E-state index contributed by atoms with van der Waals surface area (Å²) in [5.41, 5.74) is 0. The average molecular weight is 229 g/mol. The van der Waals surface area contributed by atoms with Crippen LogP contribution in [0.15, 0.2) is 0 Å². The predicted octanol–water partition coefficient (Wildman–Crippen LogP) is 1.38. The largest absolute Gasteiger partial charge is 0.464 e. The highest BCUT2D eigenvalue weighted by atomic mass is 28.3. The van der Waals surface area contributed by atoms with E-state index in [2.05, 4.69) is 19.6 Å². The molecule has 15 heavy (non-hydrogen) atoms. The first-order valence-corrected chi connectivity index (χ1v) is 8.72. The summed E-state index contributed by atoms with van der Waals surface area (Å²) in [7, 11) is -1.63. The number of amides is 1. The summed E-state index contributed by atoms with van der Waals surface area (Å²) in [6.07, 6.45) is 1.41.